The van der Waals surface area contributed by atoms with Crippen LogP contribution in [0.25, 0.3) is 10.8 Å². The predicted octanol–water partition coefficient (Wildman–Crippen LogP) is 6.40. The van der Waals surface area contributed by atoms with E-state index in [1.165, 1.54) is 5.01 Å². The Morgan fingerprint density at radius 3 is 2.39 bits per heavy atom. The second-order valence-electron chi connectivity index (χ2n) is 10.0. The highest BCUT2D eigenvalue weighted by atomic mass is 16.3. The van der Waals surface area contributed by atoms with Crippen LogP contribution in [0.2, 0.25) is 0 Å². The molecule has 3 unspecified atom stereocenters. The molecule has 2 N–H and O–H groups in total. The van der Waals surface area contributed by atoms with E-state index < -0.39 is 17.3 Å². The fraction of sp³-hybridized carbons (Fsp3) is 0.152. The van der Waals surface area contributed by atoms with Gasteiger partial charge in [-0.05, 0) is 42.0 Å². The van der Waals surface area contributed by atoms with E-state index in [2.05, 4.69) is 12.0 Å². The standard InChI is InChI=1S/C33H28N2O3/c1-3-22-16-20-28-31(37)35(34-25-17-13-21(2)14-18-25)32(38)33(28,24-10-5-4-6-11-24)29(22)27-19-15-23-9-7-8-12-26(23)30(27)36/h3-19,28-29,34,36H,1,20H2,2H3. The quantitative estimate of drug-likeness (QED) is 0.311. The number of anilines is 1. The molecule has 38 heavy (non-hydrogen) atoms. The molecule has 0 radical (unpaired) electrons. The zero-order valence-electron chi connectivity index (χ0n) is 21.1. The Morgan fingerprint density at radius 1 is 0.947 bits per heavy atom. The van der Waals surface area contributed by atoms with Crippen molar-refractivity contribution in [3.05, 3.63) is 132 Å². The molecule has 1 heterocycles. The maximum absolute atomic E-state index is 14.7. The fourth-order valence-electron chi connectivity index (χ4n) is 6.23. The lowest BCUT2D eigenvalue weighted by molar-refractivity contribution is -0.138. The van der Waals surface area contributed by atoms with Crippen LogP contribution in [0.15, 0.2) is 115 Å². The monoisotopic (exact) mass is 500 g/mol. The molecule has 5 nitrogen and oxygen atoms in total. The molecule has 0 spiro atoms. The Kier molecular flexibility index (Phi) is 5.64. The number of imide groups is 1. The van der Waals surface area contributed by atoms with Gasteiger partial charge in [-0.1, -0.05) is 103 Å². The van der Waals surface area contributed by atoms with Crippen LogP contribution in [0.4, 0.5) is 5.69 Å². The first-order chi connectivity index (χ1) is 18.5. The molecule has 5 heteroatoms. The van der Waals surface area contributed by atoms with Gasteiger partial charge in [0.2, 0.25) is 0 Å². The van der Waals surface area contributed by atoms with Gasteiger partial charge in [0.15, 0.2) is 0 Å². The largest absolute Gasteiger partial charge is 0.507 e. The number of nitrogens with one attached hydrogen (secondary N) is 1. The third-order valence-electron chi connectivity index (χ3n) is 8.03. The summed E-state index contributed by atoms with van der Waals surface area (Å²) in [5.41, 5.74) is 5.70. The van der Waals surface area contributed by atoms with Crippen molar-refractivity contribution in [3.8, 4) is 5.75 Å². The lowest BCUT2D eigenvalue weighted by atomic mass is 9.56. The smallest absolute Gasteiger partial charge is 0.260 e. The van der Waals surface area contributed by atoms with Crippen LogP contribution in [0.1, 0.15) is 29.0 Å². The number of fused-ring (bicyclic) bond motifs is 2. The van der Waals surface area contributed by atoms with Gasteiger partial charge >= 0.3 is 0 Å². The van der Waals surface area contributed by atoms with E-state index in [9.17, 15) is 14.7 Å². The molecule has 4 aromatic carbocycles. The molecule has 2 amide bonds. The summed E-state index contributed by atoms with van der Waals surface area (Å²) in [6.45, 7) is 6.04. The first kappa shape index (κ1) is 23.7. The van der Waals surface area contributed by atoms with Crippen LogP contribution in [-0.4, -0.2) is 21.9 Å². The van der Waals surface area contributed by atoms with Crippen molar-refractivity contribution in [2.24, 2.45) is 5.92 Å². The van der Waals surface area contributed by atoms with Crippen molar-refractivity contribution in [1.29, 1.82) is 0 Å². The minimum absolute atomic E-state index is 0.113. The maximum Gasteiger partial charge on any atom is 0.260 e. The summed E-state index contributed by atoms with van der Waals surface area (Å²) in [4.78, 5) is 28.7. The zero-order valence-corrected chi connectivity index (χ0v) is 21.1. The third-order valence-corrected chi connectivity index (χ3v) is 8.03. The van der Waals surface area contributed by atoms with Crippen molar-refractivity contribution < 1.29 is 14.7 Å². The molecule has 4 aromatic rings. The van der Waals surface area contributed by atoms with Crippen LogP contribution in [0, 0.1) is 12.8 Å². The van der Waals surface area contributed by atoms with Gasteiger partial charge in [0.05, 0.1) is 17.0 Å². The van der Waals surface area contributed by atoms with E-state index >= 15 is 0 Å². The van der Waals surface area contributed by atoms with E-state index in [0.717, 1.165) is 22.1 Å². The number of hydrogen-bond acceptors (Lipinski definition) is 4. The average molecular weight is 501 g/mol. The van der Waals surface area contributed by atoms with Gasteiger partial charge in [0.25, 0.3) is 11.8 Å². The van der Waals surface area contributed by atoms with E-state index in [1.807, 2.05) is 104 Å². The van der Waals surface area contributed by atoms with Crippen molar-refractivity contribution in [2.45, 2.75) is 24.7 Å². The van der Waals surface area contributed by atoms with E-state index in [0.29, 0.717) is 23.1 Å². The van der Waals surface area contributed by atoms with Crippen molar-refractivity contribution in [1.82, 2.24) is 5.01 Å². The number of carbonyl (C=O) groups excluding carboxylic acids is 2. The normalized spacial score (nSPS) is 22.8. The number of aromatic hydroxyl groups is 1. The lowest BCUT2D eigenvalue weighted by Crippen LogP contribution is -2.48. The molecular formula is C33H28N2O3. The molecule has 1 aliphatic carbocycles. The number of aryl methyl sites for hydroxylation is 1. The van der Waals surface area contributed by atoms with Gasteiger partial charge in [-0.3, -0.25) is 15.0 Å². The van der Waals surface area contributed by atoms with Crippen LogP contribution in [-0.2, 0) is 15.0 Å². The first-order valence-electron chi connectivity index (χ1n) is 12.8. The van der Waals surface area contributed by atoms with Crippen molar-refractivity contribution >= 4 is 28.3 Å². The molecule has 6 rings (SSSR count). The average Bonchev–Trinajstić information content (AvgIpc) is 3.17. The number of allylic oxidation sites excluding steroid dienone is 3. The van der Waals surface area contributed by atoms with Gasteiger partial charge in [-0.15, -0.1) is 0 Å². The summed E-state index contributed by atoms with van der Waals surface area (Å²) >= 11 is 0. The summed E-state index contributed by atoms with van der Waals surface area (Å²) in [5, 5.41) is 14.4. The van der Waals surface area contributed by atoms with Crippen LogP contribution in [0.3, 0.4) is 0 Å². The summed E-state index contributed by atoms with van der Waals surface area (Å²) in [5.74, 6) is -1.79. The molecule has 3 atom stereocenters. The topological polar surface area (TPSA) is 69.6 Å². The van der Waals surface area contributed by atoms with Crippen molar-refractivity contribution in [3.63, 3.8) is 0 Å². The van der Waals surface area contributed by atoms with E-state index in [4.69, 9.17) is 0 Å². The summed E-state index contributed by atoms with van der Waals surface area (Å²) in [7, 11) is 0. The van der Waals surface area contributed by atoms with Gasteiger partial charge in [-0.2, -0.15) is 5.01 Å². The summed E-state index contributed by atoms with van der Waals surface area (Å²) in [6, 6.07) is 28.5. The molecule has 1 fully saturated rings. The summed E-state index contributed by atoms with van der Waals surface area (Å²) < 4.78 is 0. The van der Waals surface area contributed by atoms with Gasteiger partial charge in [-0.25, -0.2) is 0 Å². The molecule has 0 bridgehead atoms. The second-order valence-corrected chi connectivity index (χ2v) is 10.0. The Labute approximate surface area is 221 Å². The number of hydrogen-bond donors (Lipinski definition) is 2. The lowest BCUT2D eigenvalue weighted by Gasteiger charge is -2.43. The highest BCUT2D eigenvalue weighted by Crippen LogP contribution is 2.59. The Hall–Kier alpha value is -4.64. The number of carbonyl (C=O) groups is 2. The Morgan fingerprint density at radius 2 is 1.66 bits per heavy atom. The Bertz CT molecular complexity index is 1610. The molecule has 188 valence electrons. The van der Waals surface area contributed by atoms with E-state index in [1.54, 1.807) is 6.08 Å². The van der Waals surface area contributed by atoms with Crippen LogP contribution < -0.4 is 5.43 Å². The maximum atomic E-state index is 14.7. The molecule has 1 saturated heterocycles. The minimum Gasteiger partial charge on any atom is -0.507 e. The number of benzene rings is 4. The number of nitrogens with zero attached hydrogens (tertiary/aromatic N) is 1. The molecule has 0 aromatic heterocycles. The van der Waals surface area contributed by atoms with Gasteiger partial charge < -0.3 is 5.11 Å². The highest BCUT2D eigenvalue weighted by Gasteiger charge is 2.66. The number of phenolic OH excluding ortho intramolecular Hbond substituents is 1. The van der Waals surface area contributed by atoms with Gasteiger partial charge in [0, 0.05) is 16.9 Å². The fourth-order valence-corrected chi connectivity index (χ4v) is 6.23. The predicted molar refractivity (Wildman–Crippen MR) is 150 cm³/mol. The van der Waals surface area contributed by atoms with Crippen LogP contribution in [0.5, 0.6) is 5.75 Å². The molecule has 0 saturated carbocycles. The molecule has 1 aliphatic heterocycles. The number of amides is 2. The van der Waals surface area contributed by atoms with E-state index in [-0.39, 0.29) is 17.6 Å². The zero-order chi connectivity index (χ0) is 26.4. The number of hydrazine groups is 1. The minimum atomic E-state index is -1.27. The summed E-state index contributed by atoms with van der Waals surface area (Å²) in [6.07, 6.45) is 4.12. The molecular weight excluding hydrogens is 472 g/mol. The van der Waals surface area contributed by atoms with Gasteiger partial charge in [0.1, 0.15) is 5.75 Å². The van der Waals surface area contributed by atoms with Crippen molar-refractivity contribution in [2.75, 3.05) is 5.43 Å². The SMILES string of the molecule is C=CC1=CCC2C(=O)N(Nc3ccc(C)cc3)C(=O)C2(c2ccccc2)C1c1ccc2ccccc2c1O. The second kappa shape index (κ2) is 9.03. The third kappa shape index (κ3) is 3.39. The molecule has 2 aliphatic rings. The number of rotatable bonds is 5. The Balaban J connectivity index is 1.59. The van der Waals surface area contributed by atoms with Crippen LogP contribution >= 0.6 is 0 Å². The first-order valence-corrected chi connectivity index (χ1v) is 12.8. The number of phenols is 1. The highest BCUT2D eigenvalue weighted by molar-refractivity contribution is 6.13.